The minimum atomic E-state index is -0.249. The second-order valence-corrected chi connectivity index (χ2v) is 6.32. The summed E-state index contributed by atoms with van der Waals surface area (Å²) >= 11 is 0. The third-order valence-corrected chi connectivity index (χ3v) is 4.25. The smallest absolute Gasteiger partial charge is 0.270 e. The number of rotatable bonds is 9. The summed E-state index contributed by atoms with van der Waals surface area (Å²) in [6, 6.07) is 18.6. The fourth-order valence-corrected chi connectivity index (χ4v) is 2.67. The number of carbonyl (C=O) groups excluding carboxylic acids is 1. The first-order valence-electron chi connectivity index (χ1n) is 9.35. The molecule has 7 heteroatoms. The van der Waals surface area contributed by atoms with Gasteiger partial charge in [-0.1, -0.05) is 30.3 Å². The van der Waals surface area contributed by atoms with Gasteiger partial charge in [-0.05, 0) is 42.8 Å². The van der Waals surface area contributed by atoms with Crippen LogP contribution in [0.4, 0.5) is 5.95 Å². The minimum absolute atomic E-state index is 0.118. The number of nitrogens with one attached hydrogen (secondary N) is 2. The molecular formula is C22H24N4O3. The van der Waals surface area contributed by atoms with Gasteiger partial charge in [-0.15, -0.1) is 0 Å². The highest BCUT2D eigenvalue weighted by molar-refractivity contribution is 5.92. The number of anilines is 1. The maximum Gasteiger partial charge on any atom is 0.270 e. The normalized spacial score (nSPS) is 11.4. The second-order valence-electron chi connectivity index (χ2n) is 6.32. The number of aromatic nitrogens is 2. The van der Waals surface area contributed by atoms with Crippen LogP contribution < -0.4 is 20.1 Å². The Morgan fingerprint density at radius 3 is 2.48 bits per heavy atom. The Bertz CT molecular complexity index is 917. The quantitative estimate of drug-likeness (QED) is 0.543. The van der Waals surface area contributed by atoms with E-state index in [9.17, 15) is 4.79 Å². The van der Waals surface area contributed by atoms with Crippen LogP contribution in [-0.2, 0) is 0 Å². The van der Waals surface area contributed by atoms with Crippen LogP contribution >= 0.6 is 0 Å². The molecule has 2 aromatic carbocycles. The number of benzene rings is 2. The van der Waals surface area contributed by atoms with Crippen molar-refractivity contribution >= 4 is 11.9 Å². The number of methoxy groups -OCH3 is 1. The Morgan fingerprint density at radius 2 is 1.76 bits per heavy atom. The van der Waals surface area contributed by atoms with Crippen molar-refractivity contribution in [3.8, 4) is 11.5 Å². The molecule has 0 fully saturated rings. The highest BCUT2D eigenvalue weighted by Gasteiger charge is 2.13. The fourth-order valence-electron chi connectivity index (χ4n) is 2.67. The Balaban J connectivity index is 1.49. The highest BCUT2D eigenvalue weighted by Crippen LogP contribution is 2.17. The van der Waals surface area contributed by atoms with Gasteiger partial charge in [-0.2, -0.15) is 0 Å². The lowest BCUT2D eigenvalue weighted by molar-refractivity contribution is 0.0935. The zero-order valence-electron chi connectivity index (χ0n) is 16.5. The van der Waals surface area contributed by atoms with Gasteiger partial charge in [0.05, 0.1) is 19.7 Å². The Labute approximate surface area is 170 Å². The maximum atomic E-state index is 12.5. The number of hydrogen-bond acceptors (Lipinski definition) is 6. The molecule has 2 N–H and O–H groups in total. The topological polar surface area (TPSA) is 85.4 Å². The van der Waals surface area contributed by atoms with Crippen molar-refractivity contribution in [1.29, 1.82) is 0 Å². The molecule has 150 valence electrons. The van der Waals surface area contributed by atoms with Crippen molar-refractivity contribution in [1.82, 2.24) is 15.3 Å². The summed E-state index contributed by atoms with van der Waals surface area (Å²) in [5, 5.41) is 6.01. The van der Waals surface area contributed by atoms with E-state index in [0.717, 1.165) is 17.1 Å². The van der Waals surface area contributed by atoms with E-state index in [1.54, 1.807) is 19.4 Å². The van der Waals surface area contributed by atoms with Gasteiger partial charge >= 0.3 is 0 Å². The van der Waals surface area contributed by atoms with Crippen LogP contribution in [0, 0.1) is 0 Å². The van der Waals surface area contributed by atoms with Crippen LogP contribution in [0.3, 0.4) is 0 Å². The SMILES string of the molecule is COc1ccc(OCCNc2nccc(C(=O)NC(C)c3ccccc3)n2)cc1. The summed E-state index contributed by atoms with van der Waals surface area (Å²) in [4.78, 5) is 20.9. The van der Waals surface area contributed by atoms with Crippen LogP contribution in [0.1, 0.15) is 29.0 Å². The van der Waals surface area contributed by atoms with E-state index in [4.69, 9.17) is 9.47 Å². The number of carbonyl (C=O) groups is 1. The largest absolute Gasteiger partial charge is 0.497 e. The first kappa shape index (κ1) is 20.1. The molecule has 0 spiro atoms. The van der Waals surface area contributed by atoms with Crippen molar-refractivity contribution in [2.45, 2.75) is 13.0 Å². The number of ether oxygens (including phenoxy) is 2. The Morgan fingerprint density at radius 1 is 1.03 bits per heavy atom. The van der Waals surface area contributed by atoms with E-state index in [1.807, 2.05) is 61.5 Å². The summed E-state index contributed by atoms with van der Waals surface area (Å²) in [5.74, 6) is 1.65. The lowest BCUT2D eigenvalue weighted by Crippen LogP contribution is -2.27. The lowest BCUT2D eigenvalue weighted by atomic mass is 10.1. The van der Waals surface area contributed by atoms with Crippen molar-refractivity contribution in [2.75, 3.05) is 25.6 Å². The molecule has 7 nitrogen and oxygen atoms in total. The molecule has 29 heavy (non-hydrogen) atoms. The van der Waals surface area contributed by atoms with E-state index in [0.29, 0.717) is 24.8 Å². The Kier molecular flexibility index (Phi) is 7.00. The standard InChI is InChI=1S/C22H24N4O3/c1-16(17-6-4-3-5-7-17)25-21(27)20-12-13-23-22(26-20)24-14-15-29-19-10-8-18(28-2)9-11-19/h3-13,16H,14-15H2,1-2H3,(H,25,27)(H,23,24,26). The van der Waals surface area contributed by atoms with Gasteiger partial charge in [0.1, 0.15) is 23.8 Å². The average Bonchev–Trinajstić information content (AvgIpc) is 2.78. The minimum Gasteiger partial charge on any atom is -0.497 e. The molecular weight excluding hydrogens is 368 g/mol. The van der Waals surface area contributed by atoms with Gasteiger partial charge in [0, 0.05) is 6.20 Å². The van der Waals surface area contributed by atoms with Crippen LogP contribution in [0.2, 0.25) is 0 Å². The number of amides is 1. The highest BCUT2D eigenvalue weighted by atomic mass is 16.5. The first-order valence-corrected chi connectivity index (χ1v) is 9.35. The molecule has 3 aromatic rings. The van der Waals surface area contributed by atoms with Crippen molar-refractivity contribution in [3.63, 3.8) is 0 Å². The molecule has 0 saturated heterocycles. The molecule has 0 bridgehead atoms. The van der Waals surface area contributed by atoms with Gasteiger partial charge in [-0.3, -0.25) is 4.79 Å². The summed E-state index contributed by atoms with van der Waals surface area (Å²) in [6.45, 7) is 2.86. The molecule has 1 unspecified atom stereocenters. The van der Waals surface area contributed by atoms with Gasteiger partial charge < -0.3 is 20.1 Å². The van der Waals surface area contributed by atoms with Crippen molar-refractivity contribution in [2.24, 2.45) is 0 Å². The molecule has 1 aromatic heterocycles. The molecule has 0 aliphatic carbocycles. The van der Waals surface area contributed by atoms with E-state index in [1.165, 1.54) is 0 Å². The van der Waals surface area contributed by atoms with Crippen LogP contribution in [0.15, 0.2) is 66.9 Å². The molecule has 1 atom stereocenters. The summed E-state index contributed by atoms with van der Waals surface area (Å²) in [7, 11) is 1.62. The summed E-state index contributed by atoms with van der Waals surface area (Å²) in [5.41, 5.74) is 1.34. The predicted molar refractivity (Wildman–Crippen MR) is 111 cm³/mol. The molecule has 0 aliphatic heterocycles. The first-order chi connectivity index (χ1) is 14.2. The van der Waals surface area contributed by atoms with Gasteiger partial charge in [0.15, 0.2) is 0 Å². The molecule has 0 aliphatic rings. The van der Waals surface area contributed by atoms with Crippen LogP contribution in [0.5, 0.6) is 11.5 Å². The van der Waals surface area contributed by atoms with Gasteiger partial charge in [0.2, 0.25) is 5.95 Å². The van der Waals surface area contributed by atoms with Crippen molar-refractivity contribution in [3.05, 3.63) is 78.1 Å². The van der Waals surface area contributed by atoms with E-state index in [2.05, 4.69) is 20.6 Å². The predicted octanol–water partition coefficient (Wildman–Crippen LogP) is 3.47. The number of hydrogen-bond donors (Lipinski definition) is 2. The second kappa shape index (κ2) is 10.1. The molecule has 3 rings (SSSR count). The van der Waals surface area contributed by atoms with E-state index >= 15 is 0 Å². The van der Waals surface area contributed by atoms with Gasteiger partial charge in [0.25, 0.3) is 5.91 Å². The van der Waals surface area contributed by atoms with E-state index in [-0.39, 0.29) is 11.9 Å². The molecule has 0 radical (unpaired) electrons. The Hall–Kier alpha value is -3.61. The van der Waals surface area contributed by atoms with Crippen molar-refractivity contribution < 1.29 is 14.3 Å². The summed E-state index contributed by atoms with van der Waals surface area (Å²) < 4.78 is 10.8. The monoisotopic (exact) mass is 392 g/mol. The van der Waals surface area contributed by atoms with Crippen LogP contribution in [-0.4, -0.2) is 36.1 Å². The molecule has 1 heterocycles. The maximum absolute atomic E-state index is 12.5. The molecule has 0 saturated carbocycles. The van der Waals surface area contributed by atoms with Crippen LogP contribution in [0.25, 0.3) is 0 Å². The zero-order valence-corrected chi connectivity index (χ0v) is 16.5. The van der Waals surface area contributed by atoms with Gasteiger partial charge in [-0.25, -0.2) is 9.97 Å². The molecule has 1 amide bonds. The summed E-state index contributed by atoms with van der Waals surface area (Å²) in [6.07, 6.45) is 1.56. The zero-order chi connectivity index (χ0) is 20.5. The third kappa shape index (κ3) is 5.93. The lowest BCUT2D eigenvalue weighted by Gasteiger charge is -2.14. The average molecular weight is 392 g/mol. The third-order valence-electron chi connectivity index (χ3n) is 4.25. The fraction of sp³-hybridized carbons (Fsp3) is 0.227. The van der Waals surface area contributed by atoms with E-state index < -0.39 is 0 Å². The number of nitrogens with zero attached hydrogens (tertiary/aromatic N) is 2.